The van der Waals surface area contributed by atoms with Crippen LogP contribution in [0.25, 0.3) is 0 Å². The fourth-order valence-electron chi connectivity index (χ4n) is 0.793. The quantitative estimate of drug-likeness (QED) is 0.579. The third-order valence-electron chi connectivity index (χ3n) is 1.68. The minimum absolute atomic E-state index is 0.0737. The van der Waals surface area contributed by atoms with Gasteiger partial charge in [0.25, 0.3) is 0 Å². The van der Waals surface area contributed by atoms with Crippen molar-refractivity contribution in [1.82, 2.24) is 10.6 Å². The van der Waals surface area contributed by atoms with E-state index in [0.29, 0.717) is 0 Å². The molecule has 0 bridgehead atoms. The smallest absolute Gasteiger partial charge is 0.316 e. The maximum absolute atomic E-state index is 11.2. The zero-order chi connectivity index (χ0) is 14.2. The van der Waals surface area contributed by atoms with Crippen molar-refractivity contribution in [1.29, 1.82) is 0 Å². The Hall–Kier alpha value is -0.250. The van der Waals surface area contributed by atoms with Crippen molar-refractivity contribution >= 4 is 48.9 Å². The first-order valence-electron chi connectivity index (χ1n) is 4.77. The van der Waals surface area contributed by atoms with Gasteiger partial charge in [0.15, 0.2) is 19.7 Å². The van der Waals surface area contributed by atoms with Gasteiger partial charge in [0.1, 0.15) is 11.8 Å². The van der Waals surface area contributed by atoms with Crippen molar-refractivity contribution < 1.29 is 21.6 Å². The molecule has 2 N–H and O–H groups in total. The van der Waals surface area contributed by atoms with Gasteiger partial charge in [-0.05, 0) is 0 Å². The number of alkyl halides is 2. The SMILES string of the molecule is O=C(NCS(=O)(=O)CCCl)NCS(=O)(=O)CCCl. The number of rotatable bonds is 8. The molecule has 0 aromatic carbocycles. The normalized spacial score (nSPS) is 12.1. The first-order valence-corrected chi connectivity index (χ1v) is 9.48. The van der Waals surface area contributed by atoms with Crippen LogP contribution in [0.5, 0.6) is 0 Å². The fourth-order valence-corrected chi connectivity index (χ4v) is 3.66. The molecule has 0 aromatic heterocycles. The van der Waals surface area contributed by atoms with Crippen LogP contribution in [0, 0.1) is 0 Å². The summed E-state index contributed by atoms with van der Waals surface area (Å²) in [6.45, 7) is 0. The molecule has 0 unspecified atom stereocenters. The minimum Gasteiger partial charge on any atom is -0.324 e. The van der Waals surface area contributed by atoms with E-state index < -0.39 is 37.5 Å². The number of nitrogens with one attached hydrogen (secondary N) is 2. The average molecular weight is 341 g/mol. The second-order valence-corrected chi connectivity index (χ2v) is 8.37. The van der Waals surface area contributed by atoms with Gasteiger partial charge in [0, 0.05) is 11.8 Å². The molecule has 0 saturated carbocycles. The van der Waals surface area contributed by atoms with Crippen LogP contribution in [0.15, 0.2) is 0 Å². The minimum atomic E-state index is -3.47. The number of halogens is 2. The maximum atomic E-state index is 11.2. The average Bonchev–Trinajstić information content (AvgIpc) is 2.24. The highest BCUT2D eigenvalue weighted by atomic mass is 35.5. The molecule has 18 heavy (non-hydrogen) atoms. The predicted octanol–water partition coefficient (Wildman–Crippen LogP) is -0.492. The van der Waals surface area contributed by atoms with Crippen molar-refractivity contribution in [3.8, 4) is 0 Å². The van der Waals surface area contributed by atoms with Crippen molar-refractivity contribution in [2.24, 2.45) is 0 Å². The number of sulfone groups is 2. The summed E-state index contributed by atoms with van der Waals surface area (Å²) in [5.74, 6) is -1.87. The number of hydrogen-bond acceptors (Lipinski definition) is 5. The van der Waals surface area contributed by atoms with Gasteiger partial charge in [-0.25, -0.2) is 21.6 Å². The lowest BCUT2D eigenvalue weighted by Crippen LogP contribution is -2.41. The Labute approximate surface area is 116 Å². The van der Waals surface area contributed by atoms with Gasteiger partial charge >= 0.3 is 6.03 Å². The van der Waals surface area contributed by atoms with Crippen LogP contribution < -0.4 is 10.6 Å². The molecule has 0 aliphatic carbocycles. The number of hydrogen-bond donors (Lipinski definition) is 2. The Balaban J connectivity index is 4.07. The first-order chi connectivity index (χ1) is 8.22. The van der Waals surface area contributed by atoms with Crippen LogP contribution in [0.2, 0.25) is 0 Å². The Morgan fingerprint density at radius 1 is 0.833 bits per heavy atom. The molecule has 108 valence electrons. The van der Waals surface area contributed by atoms with Crippen LogP contribution in [0.1, 0.15) is 0 Å². The molecule has 7 nitrogen and oxygen atoms in total. The molecule has 0 aromatic rings. The van der Waals surface area contributed by atoms with Gasteiger partial charge in [-0.2, -0.15) is 0 Å². The Morgan fingerprint density at radius 3 is 1.44 bits per heavy atom. The van der Waals surface area contributed by atoms with E-state index in [0.717, 1.165) is 0 Å². The molecule has 0 spiro atoms. The zero-order valence-corrected chi connectivity index (χ0v) is 12.5. The van der Waals surface area contributed by atoms with Crippen molar-refractivity contribution in [3.63, 3.8) is 0 Å². The van der Waals surface area contributed by atoms with E-state index in [1.54, 1.807) is 0 Å². The van der Waals surface area contributed by atoms with Gasteiger partial charge in [-0.3, -0.25) is 0 Å². The zero-order valence-electron chi connectivity index (χ0n) is 9.36. The number of carbonyl (C=O) groups excluding carboxylic acids is 1. The molecule has 0 aliphatic rings. The molecule has 0 rings (SSSR count). The molecule has 0 saturated heterocycles. The molecule has 0 aliphatic heterocycles. The van der Waals surface area contributed by atoms with Gasteiger partial charge in [0.05, 0.1) is 11.5 Å². The number of urea groups is 1. The summed E-state index contributed by atoms with van der Waals surface area (Å²) >= 11 is 10.5. The second-order valence-electron chi connectivity index (χ2n) is 3.24. The summed E-state index contributed by atoms with van der Waals surface area (Å²) in [5, 5.41) is 4.06. The lowest BCUT2D eigenvalue weighted by molar-refractivity contribution is 0.243. The molecular weight excluding hydrogens is 327 g/mol. The molecule has 2 amide bonds. The highest BCUT2D eigenvalue weighted by Gasteiger charge is 2.14. The highest BCUT2D eigenvalue weighted by molar-refractivity contribution is 7.91. The van der Waals surface area contributed by atoms with E-state index >= 15 is 0 Å². The van der Waals surface area contributed by atoms with E-state index in [1.807, 2.05) is 10.6 Å². The Morgan fingerprint density at radius 2 is 1.17 bits per heavy atom. The summed E-state index contributed by atoms with van der Waals surface area (Å²) in [5.41, 5.74) is 0. The lowest BCUT2D eigenvalue weighted by atomic mass is 10.9. The molecule has 0 radical (unpaired) electrons. The van der Waals surface area contributed by atoms with E-state index in [9.17, 15) is 21.6 Å². The van der Waals surface area contributed by atoms with E-state index in [4.69, 9.17) is 23.2 Å². The van der Waals surface area contributed by atoms with Crippen molar-refractivity contribution in [3.05, 3.63) is 0 Å². The lowest BCUT2D eigenvalue weighted by Gasteiger charge is -2.07. The molecular formula is C7H14Cl2N2O5S2. The largest absolute Gasteiger partial charge is 0.324 e. The predicted molar refractivity (Wildman–Crippen MR) is 70.4 cm³/mol. The van der Waals surface area contributed by atoms with Crippen LogP contribution in [-0.2, 0) is 19.7 Å². The summed E-state index contributed by atoms with van der Waals surface area (Å²) in [6.07, 6.45) is 0. The van der Waals surface area contributed by atoms with Crippen molar-refractivity contribution in [2.45, 2.75) is 0 Å². The van der Waals surface area contributed by atoms with Gasteiger partial charge < -0.3 is 10.6 Å². The number of amides is 2. The van der Waals surface area contributed by atoms with Gasteiger partial charge in [0.2, 0.25) is 0 Å². The van der Waals surface area contributed by atoms with Gasteiger partial charge in [-0.1, -0.05) is 0 Å². The maximum Gasteiger partial charge on any atom is 0.316 e. The van der Waals surface area contributed by atoms with Crippen LogP contribution in [0.3, 0.4) is 0 Å². The summed E-state index contributed by atoms with van der Waals surface area (Å²) < 4.78 is 44.7. The summed E-state index contributed by atoms with van der Waals surface area (Å²) in [4.78, 5) is 11.1. The topological polar surface area (TPSA) is 109 Å². The van der Waals surface area contributed by atoms with E-state index in [1.165, 1.54) is 0 Å². The fraction of sp³-hybridized carbons (Fsp3) is 0.857. The second kappa shape index (κ2) is 8.03. The molecule has 0 heterocycles. The van der Waals surface area contributed by atoms with E-state index in [-0.39, 0.29) is 23.3 Å². The van der Waals surface area contributed by atoms with Crippen LogP contribution in [-0.4, -0.2) is 57.9 Å². The highest BCUT2D eigenvalue weighted by Crippen LogP contribution is 1.91. The molecule has 11 heteroatoms. The van der Waals surface area contributed by atoms with Crippen molar-refractivity contribution in [2.75, 3.05) is 35.0 Å². The third kappa shape index (κ3) is 8.78. The summed E-state index contributed by atoms with van der Waals surface area (Å²) in [7, 11) is -6.93. The van der Waals surface area contributed by atoms with Gasteiger partial charge in [-0.15, -0.1) is 23.2 Å². The first kappa shape index (κ1) is 17.8. The Kier molecular flexibility index (Phi) is 7.92. The standard InChI is InChI=1S/C7H14Cl2N2O5S2/c8-1-3-17(13,14)5-10-7(12)11-6-18(15,16)4-2-9/h1-6H2,(H2,10,11,12). The van der Waals surface area contributed by atoms with E-state index in [2.05, 4.69) is 0 Å². The molecule has 0 atom stereocenters. The summed E-state index contributed by atoms with van der Waals surface area (Å²) in [6, 6.07) is -0.883. The number of carbonyl (C=O) groups is 1. The third-order valence-corrected chi connectivity index (χ3v) is 5.33. The molecule has 0 fully saturated rings. The van der Waals surface area contributed by atoms with Crippen LogP contribution >= 0.6 is 23.2 Å². The van der Waals surface area contributed by atoms with Crippen LogP contribution in [0.4, 0.5) is 4.79 Å². The Bertz CT molecular complexity index is 420. The monoisotopic (exact) mass is 340 g/mol.